The molecule has 0 N–H and O–H groups in total. The molecule has 3 unspecified atom stereocenters. The second-order valence-corrected chi connectivity index (χ2v) is 7.31. The lowest BCUT2D eigenvalue weighted by atomic mass is 9.78. The number of ketones is 1. The highest BCUT2D eigenvalue weighted by Gasteiger charge is 2.41. The van der Waals surface area contributed by atoms with Gasteiger partial charge < -0.3 is 14.4 Å². The van der Waals surface area contributed by atoms with Gasteiger partial charge in [0.15, 0.2) is 5.78 Å². The molecule has 0 saturated heterocycles. The van der Waals surface area contributed by atoms with Crippen LogP contribution in [-0.2, 0) is 14.3 Å². The van der Waals surface area contributed by atoms with E-state index in [1.807, 2.05) is 24.3 Å². The van der Waals surface area contributed by atoms with Gasteiger partial charge in [-0.25, -0.2) is 4.79 Å². The number of fused-ring (bicyclic) bond motifs is 1. The maximum Gasteiger partial charge on any atom is 0.409 e. The lowest BCUT2D eigenvalue weighted by Gasteiger charge is -2.37. The van der Waals surface area contributed by atoms with Crippen LogP contribution in [0, 0.1) is 5.92 Å². The third-order valence-corrected chi connectivity index (χ3v) is 5.02. The van der Waals surface area contributed by atoms with E-state index in [0.717, 1.165) is 10.0 Å². The number of rotatable bonds is 2. The number of carbonyl (C=O) groups excluding carboxylic acids is 2. The summed E-state index contributed by atoms with van der Waals surface area (Å²) in [5, 5.41) is 0. The number of ether oxygens (including phenoxy) is 2. The molecule has 1 heterocycles. The van der Waals surface area contributed by atoms with E-state index in [1.165, 1.54) is 4.90 Å². The van der Waals surface area contributed by atoms with Crippen molar-refractivity contribution >= 4 is 33.4 Å². The maximum absolute atomic E-state index is 12.8. The summed E-state index contributed by atoms with van der Waals surface area (Å²) in [4.78, 5) is 25.9. The van der Waals surface area contributed by atoms with Crippen LogP contribution in [0.15, 0.2) is 35.0 Å². The van der Waals surface area contributed by atoms with Crippen LogP contribution in [0.2, 0.25) is 0 Å². The van der Waals surface area contributed by atoms with Gasteiger partial charge in [0.2, 0.25) is 0 Å². The van der Waals surface area contributed by atoms with E-state index in [-0.39, 0.29) is 30.0 Å². The van der Waals surface area contributed by atoms with Crippen molar-refractivity contribution in [1.82, 2.24) is 4.90 Å². The molecule has 128 valence electrons. The van der Waals surface area contributed by atoms with Gasteiger partial charge in [-0.05, 0) is 30.5 Å². The van der Waals surface area contributed by atoms with Crippen molar-refractivity contribution in [1.29, 1.82) is 0 Å². The molecule has 5 nitrogen and oxygen atoms in total. The molecule has 0 spiro atoms. The van der Waals surface area contributed by atoms with Crippen LogP contribution in [0.5, 0.6) is 0 Å². The summed E-state index contributed by atoms with van der Waals surface area (Å²) >= 11 is 3.40. The Labute approximate surface area is 149 Å². The van der Waals surface area contributed by atoms with Crippen molar-refractivity contribution in [2.24, 2.45) is 5.92 Å². The van der Waals surface area contributed by atoms with Gasteiger partial charge in [-0.3, -0.25) is 4.79 Å². The van der Waals surface area contributed by atoms with Crippen molar-refractivity contribution in [2.75, 3.05) is 14.1 Å². The predicted molar refractivity (Wildman–Crippen MR) is 93.3 cm³/mol. The molecule has 6 heteroatoms. The Morgan fingerprint density at radius 2 is 1.96 bits per heavy atom. The van der Waals surface area contributed by atoms with E-state index in [4.69, 9.17) is 9.47 Å². The first kappa shape index (κ1) is 17.0. The van der Waals surface area contributed by atoms with E-state index in [2.05, 4.69) is 15.9 Å². The lowest BCUT2D eigenvalue weighted by molar-refractivity contribution is -0.126. The largest absolute Gasteiger partial charge is 0.496 e. The molecule has 1 aromatic rings. The third-order valence-electron chi connectivity index (χ3n) is 4.49. The Bertz CT molecular complexity index is 668. The van der Waals surface area contributed by atoms with Gasteiger partial charge in [0.25, 0.3) is 0 Å². The van der Waals surface area contributed by atoms with E-state index in [1.54, 1.807) is 20.4 Å². The van der Waals surface area contributed by atoms with Gasteiger partial charge in [0, 0.05) is 25.0 Å². The van der Waals surface area contributed by atoms with Crippen molar-refractivity contribution < 1.29 is 19.1 Å². The van der Waals surface area contributed by atoms with Gasteiger partial charge in [0.05, 0.1) is 17.8 Å². The number of carbonyl (C=O) groups is 2. The molecule has 1 aromatic carbocycles. The van der Waals surface area contributed by atoms with Crippen molar-refractivity contribution in [3.05, 3.63) is 40.6 Å². The average Bonchev–Trinajstić information content (AvgIpc) is 2.56. The monoisotopic (exact) mass is 393 g/mol. The van der Waals surface area contributed by atoms with Crippen LogP contribution < -0.4 is 0 Å². The zero-order valence-electron chi connectivity index (χ0n) is 13.7. The minimum Gasteiger partial charge on any atom is -0.496 e. The molecular weight excluding hydrogens is 374 g/mol. The SMILES string of the molecule is CN(C)C(=O)OC1CCC2C(=O)C(c3ccc(Br)cc3)=COC2C1. The van der Waals surface area contributed by atoms with Gasteiger partial charge in [-0.15, -0.1) is 0 Å². The number of allylic oxidation sites excluding steroid dienone is 1. The molecule has 0 aromatic heterocycles. The minimum atomic E-state index is -0.355. The van der Waals surface area contributed by atoms with Crippen molar-refractivity contribution in [3.63, 3.8) is 0 Å². The molecule has 3 rings (SSSR count). The quantitative estimate of drug-likeness (QED) is 0.769. The lowest BCUT2D eigenvalue weighted by Crippen LogP contribution is -2.42. The fourth-order valence-corrected chi connectivity index (χ4v) is 3.42. The highest BCUT2D eigenvalue weighted by molar-refractivity contribution is 9.10. The van der Waals surface area contributed by atoms with Crippen LogP contribution in [-0.4, -0.2) is 43.1 Å². The summed E-state index contributed by atoms with van der Waals surface area (Å²) in [5.74, 6) is -0.0473. The summed E-state index contributed by atoms with van der Waals surface area (Å²) in [6.45, 7) is 0. The first-order valence-electron chi connectivity index (χ1n) is 7.99. The second-order valence-electron chi connectivity index (χ2n) is 6.40. The molecule has 2 aliphatic rings. The summed E-state index contributed by atoms with van der Waals surface area (Å²) in [5.41, 5.74) is 1.48. The van der Waals surface area contributed by atoms with Gasteiger partial charge in [0.1, 0.15) is 12.2 Å². The Morgan fingerprint density at radius 3 is 2.62 bits per heavy atom. The Hall–Kier alpha value is -1.82. The first-order valence-corrected chi connectivity index (χ1v) is 8.78. The number of benzene rings is 1. The Morgan fingerprint density at radius 1 is 1.25 bits per heavy atom. The zero-order chi connectivity index (χ0) is 17.3. The standard InChI is InChI=1S/C18H20BrNO4/c1-20(2)18(22)24-13-7-8-14-16(9-13)23-10-15(17(14)21)11-3-5-12(19)6-4-11/h3-6,10,13-14,16H,7-9H2,1-2H3. The molecule has 3 atom stereocenters. The molecule has 1 fully saturated rings. The Kier molecular flexibility index (Phi) is 4.94. The van der Waals surface area contributed by atoms with Crippen LogP contribution in [0.3, 0.4) is 0 Å². The van der Waals surface area contributed by atoms with Gasteiger partial charge >= 0.3 is 6.09 Å². The summed E-state index contributed by atoms with van der Waals surface area (Å²) in [7, 11) is 3.31. The zero-order valence-corrected chi connectivity index (χ0v) is 15.3. The maximum atomic E-state index is 12.8. The van der Waals surface area contributed by atoms with Crippen LogP contribution in [0.1, 0.15) is 24.8 Å². The number of halogens is 1. The highest BCUT2D eigenvalue weighted by Crippen LogP contribution is 2.37. The highest BCUT2D eigenvalue weighted by atomic mass is 79.9. The molecule has 0 radical (unpaired) electrons. The summed E-state index contributed by atoms with van der Waals surface area (Å²) < 4.78 is 12.2. The molecular formula is C18H20BrNO4. The number of Topliss-reactive ketones (excluding diaryl/α,β-unsaturated/α-hetero) is 1. The molecule has 1 saturated carbocycles. The number of nitrogens with zero attached hydrogens (tertiary/aromatic N) is 1. The molecule has 0 bridgehead atoms. The van der Waals surface area contributed by atoms with Crippen molar-refractivity contribution in [3.8, 4) is 0 Å². The normalized spacial score (nSPS) is 26.0. The number of hydrogen-bond acceptors (Lipinski definition) is 4. The predicted octanol–water partition coefficient (Wildman–Crippen LogP) is 3.62. The van der Waals surface area contributed by atoms with E-state index in [9.17, 15) is 9.59 Å². The molecule has 1 aliphatic carbocycles. The van der Waals surface area contributed by atoms with E-state index in [0.29, 0.717) is 24.8 Å². The molecule has 1 aliphatic heterocycles. The molecule has 24 heavy (non-hydrogen) atoms. The van der Waals surface area contributed by atoms with Crippen LogP contribution in [0.25, 0.3) is 5.57 Å². The minimum absolute atomic E-state index is 0.117. The number of hydrogen-bond donors (Lipinski definition) is 0. The van der Waals surface area contributed by atoms with E-state index < -0.39 is 0 Å². The van der Waals surface area contributed by atoms with Crippen LogP contribution >= 0.6 is 15.9 Å². The summed E-state index contributed by atoms with van der Waals surface area (Å²) in [6.07, 6.45) is 2.70. The Balaban J connectivity index is 1.70. The first-order chi connectivity index (χ1) is 11.5. The average molecular weight is 394 g/mol. The second kappa shape index (κ2) is 6.97. The number of amides is 1. The van der Waals surface area contributed by atoms with Crippen LogP contribution in [0.4, 0.5) is 4.79 Å². The fraction of sp³-hybridized carbons (Fsp3) is 0.444. The topological polar surface area (TPSA) is 55.8 Å². The third kappa shape index (κ3) is 3.48. The molecule has 1 amide bonds. The smallest absolute Gasteiger partial charge is 0.409 e. The summed E-state index contributed by atoms with van der Waals surface area (Å²) in [6, 6.07) is 7.63. The fourth-order valence-electron chi connectivity index (χ4n) is 3.15. The van der Waals surface area contributed by atoms with Gasteiger partial charge in [-0.1, -0.05) is 28.1 Å². The van der Waals surface area contributed by atoms with Gasteiger partial charge in [-0.2, -0.15) is 0 Å². The van der Waals surface area contributed by atoms with E-state index >= 15 is 0 Å². The van der Waals surface area contributed by atoms with Crippen molar-refractivity contribution in [2.45, 2.75) is 31.5 Å².